The summed E-state index contributed by atoms with van der Waals surface area (Å²) in [5, 5.41) is 10.2. The molecule has 0 saturated heterocycles. The van der Waals surface area contributed by atoms with Crippen LogP contribution in [0.4, 0.5) is 17.3 Å². The standard InChI is InChI=1S/C22H23N5O/c1-21(2,28)15-5-8-24-18(9-15)14-11-25-20(26-12-14)27-13-22(6-7-22)17-4-3-16(23)10-19(17)27/h3-5,8-12,28H,6-7,13,23H2,1-2H3. The smallest absolute Gasteiger partial charge is 0.229 e. The van der Waals surface area contributed by atoms with E-state index in [0.717, 1.165) is 34.7 Å². The SMILES string of the molecule is CC(C)(O)c1ccnc(-c2cnc(N3CC4(CC4)c4ccc(N)cc43)nc2)c1. The summed E-state index contributed by atoms with van der Waals surface area (Å²) in [5.41, 5.74) is 11.0. The van der Waals surface area contributed by atoms with Gasteiger partial charge >= 0.3 is 0 Å². The van der Waals surface area contributed by atoms with Crippen molar-refractivity contribution >= 4 is 17.3 Å². The van der Waals surface area contributed by atoms with Crippen LogP contribution >= 0.6 is 0 Å². The van der Waals surface area contributed by atoms with Gasteiger partial charge in [0.2, 0.25) is 5.95 Å². The molecule has 0 atom stereocenters. The van der Waals surface area contributed by atoms with Crippen molar-refractivity contribution in [2.45, 2.75) is 37.7 Å². The van der Waals surface area contributed by atoms with E-state index in [1.54, 1.807) is 32.4 Å². The Kier molecular flexibility index (Phi) is 3.52. The zero-order valence-corrected chi connectivity index (χ0v) is 16.1. The van der Waals surface area contributed by atoms with Gasteiger partial charge < -0.3 is 15.7 Å². The summed E-state index contributed by atoms with van der Waals surface area (Å²) in [5.74, 6) is 0.679. The molecule has 3 N–H and O–H groups in total. The molecule has 1 aromatic carbocycles. The van der Waals surface area contributed by atoms with E-state index in [0.29, 0.717) is 5.95 Å². The zero-order chi connectivity index (χ0) is 19.5. The number of nitrogens with two attached hydrogens (primary N) is 1. The van der Waals surface area contributed by atoms with Crippen molar-refractivity contribution < 1.29 is 5.11 Å². The maximum absolute atomic E-state index is 10.2. The van der Waals surface area contributed by atoms with Crippen molar-refractivity contribution in [3.63, 3.8) is 0 Å². The first-order valence-corrected chi connectivity index (χ1v) is 9.55. The molecule has 1 fully saturated rings. The zero-order valence-electron chi connectivity index (χ0n) is 16.1. The van der Waals surface area contributed by atoms with Gasteiger partial charge in [-0.2, -0.15) is 0 Å². The number of fused-ring (bicyclic) bond motifs is 2. The Morgan fingerprint density at radius 2 is 1.82 bits per heavy atom. The van der Waals surface area contributed by atoms with Gasteiger partial charge in [-0.25, -0.2) is 9.97 Å². The molecule has 0 bridgehead atoms. The Balaban J connectivity index is 1.48. The minimum Gasteiger partial charge on any atom is -0.399 e. The summed E-state index contributed by atoms with van der Waals surface area (Å²) in [7, 11) is 0. The molecule has 3 heterocycles. The predicted molar refractivity (Wildman–Crippen MR) is 109 cm³/mol. The van der Waals surface area contributed by atoms with Crippen LogP contribution in [0.25, 0.3) is 11.3 Å². The number of hydrogen-bond acceptors (Lipinski definition) is 6. The molecule has 1 aliphatic heterocycles. The molecule has 1 saturated carbocycles. The van der Waals surface area contributed by atoms with E-state index in [-0.39, 0.29) is 5.41 Å². The van der Waals surface area contributed by atoms with E-state index < -0.39 is 5.60 Å². The lowest BCUT2D eigenvalue weighted by molar-refractivity contribution is 0.0785. The number of hydrogen-bond donors (Lipinski definition) is 2. The third-order valence-electron chi connectivity index (χ3n) is 5.84. The average molecular weight is 373 g/mol. The molecule has 6 heteroatoms. The summed E-state index contributed by atoms with van der Waals surface area (Å²) >= 11 is 0. The van der Waals surface area contributed by atoms with Crippen LogP contribution in [-0.2, 0) is 11.0 Å². The summed E-state index contributed by atoms with van der Waals surface area (Å²) < 4.78 is 0. The average Bonchev–Trinajstić information content (AvgIpc) is 3.39. The quantitative estimate of drug-likeness (QED) is 0.683. The highest BCUT2D eigenvalue weighted by Gasteiger charge is 2.52. The number of pyridine rings is 1. The maximum atomic E-state index is 10.2. The van der Waals surface area contributed by atoms with Gasteiger partial charge in [0.05, 0.1) is 11.3 Å². The van der Waals surface area contributed by atoms with Crippen molar-refractivity contribution in [1.82, 2.24) is 15.0 Å². The van der Waals surface area contributed by atoms with Gasteiger partial charge in [0.25, 0.3) is 0 Å². The second-order valence-corrected chi connectivity index (χ2v) is 8.40. The molecular formula is C22H23N5O. The van der Waals surface area contributed by atoms with Crippen LogP contribution < -0.4 is 10.6 Å². The van der Waals surface area contributed by atoms with Gasteiger partial charge in [0.15, 0.2) is 0 Å². The number of nitrogens with zero attached hydrogens (tertiary/aromatic N) is 4. The highest BCUT2D eigenvalue weighted by molar-refractivity contribution is 5.74. The van der Waals surface area contributed by atoms with Crippen LogP contribution in [0.5, 0.6) is 0 Å². The molecule has 1 aliphatic carbocycles. The fourth-order valence-electron chi connectivity index (χ4n) is 4.01. The number of aliphatic hydroxyl groups is 1. The summed E-state index contributed by atoms with van der Waals surface area (Å²) in [6.45, 7) is 4.42. The Morgan fingerprint density at radius 3 is 2.50 bits per heavy atom. The largest absolute Gasteiger partial charge is 0.399 e. The van der Waals surface area contributed by atoms with E-state index in [1.165, 1.54) is 18.4 Å². The predicted octanol–water partition coefficient (Wildman–Crippen LogP) is 3.53. The Morgan fingerprint density at radius 1 is 1.07 bits per heavy atom. The molecule has 1 spiro atoms. The molecule has 3 aromatic rings. The van der Waals surface area contributed by atoms with Crippen molar-refractivity contribution in [3.8, 4) is 11.3 Å². The van der Waals surface area contributed by atoms with Crippen molar-refractivity contribution in [3.05, 3.63) is 60.0 Å². The Labute approximate surface area is 164 Å². The van der Waals surface area contributed by atoms with Gasteiger partial charge in [-0.3, -0.25) is 4.98 Å². The lowest BCUT2D eigenvalue weighted by atomic mass is 9.98. The van der Waals surface area contributed by atoms with Crippen molar-refractivity contribution in [2.75, 3.05) is 17.2 Å². The first kappa shape index (κ1) is 17.1. The summed E-state index contributed by atoms with van der Waals surface area (Å²) in [6, 6.07) is 9.85. The normalized spacial score (nSPS) is 17.0. The highest BCUT2D eigenvalue weighted by Crippen LogP contribution is 2.57. The topological polar surface area (TPSA) is 88.2 Å². The number of rotatable bonds is 3. The maximum Gasteiger partial charge on any atom is 0.229 e. The van der Waals surface area contributed by atoms with E-state index >= 15 is 0 Å². The Bertz CT molecular complexity index is 1050. The van der Waals surface area contributed by atoms with Crippen LogP contribution in [0.3, 0.4) is 0 Å². The lowest BCUT2D eigenvalue weighted by Crippen LogP contribution is -2.21. The molecule has 0 amide bonds. The molecule has 5 rings (SSSR count). The second kappa shape index (κ2) is 5.75. The second-order valence-electron chi connectivity index (χ2n) is 8.40. The Hall–Kier alpha value is -2.99. The molecule has 6 nitrogen and oxygen atoms in total. The van der Waals surface area contributed by atoms with Crippen LogP contribution in [0.1, 0.15) is 37.8 Å². The molecule has 0 unspecified atom stereocenters. The van der Waals surface area contributed by atoms with Crippen LogP contribution in [0.15, 0.2) is 48.9 Å². The van der Waals surface area contributed by atoms with Crippen LogP contribution in [0, 0.1) is 0 Å². The van der Waals surface area contributed by atoms with E-state index in [9.17, 15) is 5.11 Å². The minimum atomic E-state index is -0.920. The fourth-order valence-corrected chi connectivity index (χ4v) is 4.01. The van der Waals surface area contributed by atoms with Gasteiger partial charge in [-0.15, -0.1) is 0 Å². The molecule has 28 heavy (non-hydrogen) atoms. The van der Waals surface area contributed by atoms with Crippen LogP contribution in [0.2, 0.25) is 0 Å². The molecule has 2 aliphatic rings. The van der Waals surface area contributed by atoms with Gasteiger partial charge in [-0.1, -0.05) is 6.07 Å². The van der Waals surface area contributed by atoms with E-state index in [1.807, 2.05) is 24.3 Å². The first-order chi connectivity index (χ1) is 13.4. The summed E-state index contributed by atoms with van der Waals surface area (Å²) in [4.78, 5) is 15.8. The van der Waals surface area contributed by atoms with E-state index in [2.05, 4.69) is 25.9 Å². The van der Waals surface area contributed by atoms with Gasteiger partial charge in [0.1, 0.15) is 0 Å². The monoisotopic (exact) mass is 373 g/mol. The minimum absolute atomic E-state index is 0.244. The van der Waals surface area contributed by atoms with E-state index in [4.69, 9.17) is 5.73 Å². The van der Waals surface area contributed by atoms with Crippen molar-refractivity contribution in [2.24, 2.45) is 0 Å². The third-order valence-corrected chi connectivity index (χ3v) is 5.84. The number of nitrogen functional groups attached to an aromatic ring is 1. The number of aromatic nitrogens is 3. The molecule has 142 valence electrons. The molecule has 0 radical (unpaired) electrons. The molecular weight excluding hydrogens is 350 g/mol. The van der Waals surface area contributed by atoms with Gasteiger partial charge in [-0.05, 0) is 62.1 Å². The van der Waals surface area contributed by atoms with Gasteiger partial charge in [0, 0.05) is 47.5 Å². The fraction of sp³-hybridized carbons (Fsp3) is 0.318. The lowest BCUT2D eigenvalue weighted by Gasteiger charge is -2.19. The van der Waals surface area contributed by atoms with Crippen LogP contribution in [-0.4, -0.2) is 26.6 Å². The highest BCUT2D eigenvalue weighted by atomic mass is 16.3. The molecule has 2 aromatic heterocycles. The summed E-state index contributed by atoms with van der Waals surface area (Å²) in [6.07, 6.45) is 7.69. The third kappa shape index (κ3) is 2.72. The first-order valence-electron chi connectivity index (χ1n) is 9.55. The van der Waals surface area contributed by atoms with Crippen molar-refractivity contribution in [1.29, 1.82) is 0 Å². The number of benzene rings is 1. The number of anilines is 3.